The first kappa shape index (κ1) is 28.7. The van der Waals surface area contributed by atoms with E-state index in [0.717, 1.165) is 30.8 Å². The topological polar surface area (TPSA) is 13.1 Å². The summed E-state index contributed by atoms with van der Waals surface area (Å²) >= 11 is 0. The Kier molecular flexibility index (Phi) is 6.54. The van der Waals surface area contributed by atoms with Crippen LogP contribution in [0.5, 0.6) is 11.5 Å². The maximum atomic E-state index is 7.27. The van der Waals surface area contributed by atoms with Crippen LogP contribution >= 0.6 is 0 Å². The van der Waals surface area contributed by atoms with Gasteiger partial charge in [-0.1, -0.05) is 98.7 Å². The fourth-order valence-corrected chi connectivity index (χ4v) is 7.10. The molecule has 42 heavy (non-hydrogen) atoms. The van der Waals surface area contributed by atoms with Crippen LogP contribution in [-0.2, 0) is 26.3 Å². The minimum Gasteiger partial charge on any atom is -0.455 e. The summed E-state index contributed by atoms with van der Waals surface area (Å²) in [6, 6.07) is 18.6. The second-order valence-electron chi connectivity index (χ2n) is 16.5. The van der Waals surface area contributed by atoms with Crippen molar-refractivity contribution in [3.63, 3.8) is 0 Å². The van der Waals surface area contributed by atoms with Crippen molar-refractivity contribution in [3.8, 4) is 22.8 Å². The predicted octanol–water partition coefficient (Wildman–Crippen LogP) is 10.8. The third-order valence-electron chi connectivity index (χ3n) is 8.62. The highest BCUT2D eigenvalue weighted by atomic mass is 16.5. The van der Waals surface area contributed by atoms with Gasteiger partial charge in [0.25, 0.3) is 0 Å². The molecule has 0 saturated heterocycles. The highest BCUT2D eigenvalue weighted by molar-refractivity contribution is 6.14. The monoisotopic (exact) mass is 558 g/mol. The summed E-state index contributed by atoms with van der Waals surface area (Å²) < 4.78 is 9.58. The van der Waals surface area contributed by atoms with Crippen molar-refractivity contribution in [3.05, 3.63) is 77.0 Å². The Morgan fingerprint density at radius 3 is 2.02 bits per heavy atom. The Balaban J connectivity index is 1.73. The van der Waals surface area contributed by atoms with Gasteiger partial charge < -0.3 is 4.74 Å². The first-order valence-electron chi connectivity index (χ1n) is 15.6. The number of aromatic nitrogens is 1. The summed E-state index contributed by atoms with van der Waals surface area (Å²) in [7, 11) is 2.19. The van der Waals surface area contributed by atoms with Crippen LogP contribution in [0.15, 0.2) is 54.7 Å². The standard InChI is InChI=1S/C40H48NO/c1-24-30-19-25(21-38(2,3)4)15-16-28(30)32(23-40(8,9)10)37-33(24)35-34-26(17-18-41(35)11)20-31-27(22-39(5,6)7)13-12-14-29(31)36(34)42-37/h12-20H,21-23H2,1-11H3/q+1. The van der Waals surface area contributed by atoms with Crippen LogP contribution in [0.25, 0.3) is 43.6 Å². The van der Waals surface area contributed by atoms with Gasteiger partial charge in [0.1, 0.15) is 18.5 Å². The second-order valence-corrected chi connectivity index (χ2v) is 16.5. The summed E-state index contributed by atoms with van der Waals surface area (Å²) in [5, 5.41) is 7.67. The zero-order valence-corrected chi connectivity index (χ0v) is 27.7. The van der Waals surface area contributed by atoms with E-state index in [1.54, 1.807) is 0 Å². The van der Waals surface area contributed by atoms with E-state index in [1.807, 2.05) is 0 Å². The van der Waals surface area contributed by atoms with Crippen LogP contribution in [0.3, 0.4) is 0 Å². The lowest BCUT2D eigenvalue weighted by atomic mass is 9.80. The number of fused-ring (bicyclic) bond motifs is 5. The number of aryl methyl sites for hydroxylation is 2. The maximum Gasteiger partial charge on any atom is 0.228 e. The highest BCUT2D eigenvalue weighted by Crippen LogP contribution is 2.54. The number of benzene rings is 4. The molecule has 0 N–H and O–H groups in total. The fourth-order valence-electron chi connectivity index (χ4n) is 7.10. The zero-order valence-electron chi connectivity index (χ0n) is 27.7. The first-order chi connectivity index (χ1) is 19.5. The number of hydrogen-bond acceptors (Lipinski definition) is 1. The summed E-state index contributed by atoms with van der Waals surface area (Å²) in [5.74, 6) is 2.05. The van der Waals surface area contributed by atoms with Crippen LogP contribution in [0, 0.1) is 23.2 Å². The molecule has 2 heteroatoms. The van der Waals surface area contributed by atoms with Gasteiger partial charge in [0.2, 0.25) is 5.69 Å². The normalized spacial score (nSPS) is 13.6. The minimum atomic E-state index is 0.108. The average molecular weight is 559 g/mol. The van der Waals surface area contributed by atoms with E-state index >= 15 is 0 Å². The van der Waals surface area contributed by atoms with Gasteiger partial charge in [0.05, 0.1) is 10.9 Å². The van der Waals surface area contributed by atoms with Crippen molar-refractivity contribution in [1.29, 1.82) is 0 Å². The Morgan fingerprint density at radius 1 is 0.667 bits per heavy atom. The minimum absolute atomic E-state index is 0.108. The molecule has 0 atom stereocenters. The molecule has 6 rings (SSSR count). The largest absolute Gasteiger partial charge is 0.455 e. The SMILES string of the molecule is Cc1c2c(c(CC(C)(C)C)c3ccc(CC(C)(C)C)cc13)Oc1c3cccc(CC(C)(C)C)c3cc3cc[n+](C)c-2c13. The fraction of sp³-hybridized carbons (Fsp3) is 0.425. The van der Waals surface area contributed by atoms with Gasteiger partial charge >= 0.3 is 0 Å². The van der Waals surface area contributed by atoms with E-state index in [-0.39, 0.29) is 16.2 Å². The Labute approximate surface area is 252 Å². The zero-order chi connectivity index (χ0) is 30.4. The number of ether oxygens (including phenoxy) is 1. The van der Waals surface area contributed by atoms with Crippen molar-refractivity contribution < 1.29 is 9.30 Å². The Bertz CT molecular complexity index is 1890. The van der Waals surface area contributed by atoms with Gasteiger partial charge in [-0.3, -0.25) is 0 Å². The van der Waals surface area contributed by atoms with Crippen LogP contribution in [0.2, 0.25) is 0 Å². The lowest BCUT2D eigenvalue weighted by molar-refractivity contribution is -0.659. The molecule has 1 aliphatic rings. The molecule has 5 aromatic rings. The molecule has 0 saturated carbocycles. The molecule has 1 aromatic heterocycles. The van der Waals surface area contributed by atoms with E-state index in [2.05, 4.69) is 136 Å². The van der Waals surface area contributed by atoms with E-state index in [4.69, 9.17) is 4.74 Å². The number of rotatable bonds is 3. The van der Waals surface area contributed by atoms with E-state index < -0.39 is 0 Å². The van der Waals surface area contributed by atoms with Crippen molar-refractivity contribution in [1.82, 2.24) is 0 Å². The molecule has 0 aliphatic carbocycles. The molecule has 4 aromatic carbocycles. The molecule has 0 bridgehead atoms. The number of hydrogen-bond donors (Lipinski definition) is 0. The van der Waals surface area contributed by atoms with Crippen molar-refractivity contribution >= 4 is 32.3 Å². The molecular formula is C40H48NO+. The van der Waals surface area contributed by atoms with Crippen molar-refractivity contribution in [2.75, 3.05) is 0 Å². The Morgan fingerprint density at radius 2 is 1.36 bits per heavy atom. The number of nitrogens with zero attached hydrogens (tertiary/aromatic N) is 1. The third-order valence-corrected chi connectivity index (χ3v) is 8.62. The van der Waals surface area contributed by atoms with Gasteiger partial charge in [0.15, 0.2) is 6.20 Å². The lowest BCUT2D eigenvalue weighted by Gasteiger charge is -2.29. The molecule has 2 nitrogen and oxygen atoms in total. The Hall–Kier alpha value is -3.39. The molecule has 0 radical (unpaired) electrons. The molecule has 218 valence electrons. The molecule has 1 aliphatic heterocycles. The molecular weight excluding hydrogens is 510 g/mol. The summed E-state index contributed by atoms with van der Waals surface area (Å²) in [6.07, 6.45) is 5.26. The van der Waals surface area contributed by atoms with Gasteiger partial charge in [-0.05, 0) is 86.7 Å². The first-order valence-corrected chi connectivity index (χ1v) is 15.6. The van der Waals surface area contributed by atoms with E-state index in [9.17, 15) is 0 Å². The lowest BCUT2D eigenvalue weighted by Crippen LogP contribution is -2.32. The highest BCUT2D eigenvalue weighted by Gasteiger charge is 2.35. The summed E-state index contributed by atoms with van der Waals surface area (Å²) in [6.45, 7) is 23.3. The van der Waals surface area contributed by atoms with E-state index in [0.29, 0.717) is 0 Å². The van der Waals surface area contributed by atoms with Gasteiger partial charge in [-0.25, -0.2) is 4.57 Å². The molecule has 0 unspecified atom stereocenters. The van der Waals surface area contributed by atoms with Crippen LogP contribution in [0.1, 0.15) is 84.6 Å². The quantitative estimate of drug-likeness (QED) is 0.155. The molecule has 0 spiro atoms. The average Bonchev–Trinajstić information content (AvgIpc) is 2.86. The third kappa shape index (κ3) is 5.08. The van der Waals surface area contributed by atoms with Crippen molar-refractivity contribution in [2.45, 2.75) is 88.5 Å². The maximum absolute atomic E-state index is 7.27. The molecule has 0 amide bonds. The van der Waals surface area contributed by atoms with Crippen LogP contribution in [0.4, 0.5) is 0 Å². The van der Waals surface area contributed by atoms with Crippen molar-refractivity contribution in [2.24, 2.45) is 23.3 Å². The summed E-state index contributed by atoms with van der Waals surface area (Å²) in [4.78, 5) is 0. The van der Waals surface area contributed by atoms with Gasteiger partial charge in [-0.2, -0.15) is 0 Å². The molecule has 0 fully saturated rings. The second kappa shape index (κ2) is 9.56. The number of pyridine rings is 1. The smallest absolute Gasteiger partial charge is 0.228 e. The summed E-state index contributed by atoms with van der Waals surface area (Å²) in [5.41, 5.74) is 8.48. The van der Waals surface area contributed by atoms with Gasteiger partial charge in [-0.15, -0.1) is 0 Å². The van der Waals surface area contributed by atoms with E-state index in [1.165, 1.54) is 65.8 Å². The molecule has 2 heterocycles. The predicted molar refractivity (Wildman–Crippen MR) is 180 cm³/mol. The van der Waals surface area contributed by atoms with Crippen LogP contribution in [-0.4, -0.2) is 0 Å². The van der Waals surface area contributed by atoms with Crippen LogP contribution < -0.4 is 9.30 Å². The van der Waals surface area contributed by atoms with Gasteiger partial charge in [0, 0.05) is 17.0 Å².